The summed E-state index contributed by atoms with van der Waals surface area (Å²) < 4.78 is 24.0. The summed E-state index contributed by atoms with van der Waals surface area (Å²) in [5, 5.41) is 0. The minimum Gasteiger partial charge on any atom is -0.382 e. The number of rotatable bonds is 7. The Labute approximate surface area is 109 Å². The molecule has 0 aliphatic rings. The molecule has 0 saturated heterocycles. The minimum absolute atomic E-state index is 0.138. The lowest BCUT2D eigenvalue weighted by Gasteiger charge is -2.12. The van der Waals surface area contributed by atoms with Crippen molar-refractivity contribution in [2.24, 2.45) is 5.73 Å². The van der Waals surface area contributed by atoms with Crippen LogP contribution in [0, 0.1) is 5.82 Å². The lowest BCUT2D eigenvalue weighted by atomic mass is 10.1. The van der Waals surface area contributed by atoms with Gasteiger partial charge in [0.25, 0.3) is 0 Å². The van der Waals surface area contributed by atoms with E-state index in [-0.39, 0.29) is 11.9 Å². The van der Waals surface area contributed by atoms with Crippen LogP contribution in [0.5, 0.6) is 0 Å². The highest BCUT2D eigenvalue weighted by atomic mass is 79.9. The fourth-order valence-electron chi connectivity index (χ4n) is 1.47. The predicted molar refractivity (Wildman–Crippen MR) is 68.5 cm³/mol. The molecule has 1 aromatic rings. The number of hydrogen-bond acceptors (Lipinski definition) is 3. The standard InChI is InChI=1S/C12H17BrFNO2/c1-16-2-3-17-8-12(15)6-9-4-10(13)7-11(14)5-9/h4-5,7,12H,2-3,6,8,15H2,1H3. The maximum absolute atomic E-state index is 13.1. The van der Waals surface area contributed by atoms with Crippen molar-refractivity contribution in [3.8, 4) is 0 Å². The van der Waals surface area contributed by atoms with Gasteiger partial charge >= 0.3 is 0 Å². The molecule has 0 spiro atoms. The molecular weight excluding hydrogens is 289 g/mol. The van der Waals surface area contributed by atoms with Gasteiger partial charge in [0.15, 0.2) is 0 Å². The Morgan fingerprint density at radius 2 is 2.12 bits per heavy atom. The monoisotopic (exact) mass is 305 g/mol. The normalized spacial score (nSPS) is 12.7. The lowest BCUT2D eigenvalue weighted by molar-refractivity contribution is 0.0637. The Morgan fingerprint density at radius 3 is 2.76 bits per heavy atom. The van der Waals surface area contributed by atoms with Crippen LogP contribution >= 0.6 is 15.9 Å². The molecule has 1 rings (SSSR count). The van der Waals surface area contributed by atoms with Crippen LogP contribution in [0.4, 0.5) is 4.39 Å². The fraction of sp³-hybridized carbons (Fsp3) is 0.500. The van der Waals surface area contributed by atoms with Crippen LogP contribution in [-0.4, -0.2) is 33.0 Å². The van der Waals surface area contributed by atoms with Crippen LogP contribution < -0.4 is 5.73 Å². The zero-order valence-electron chi connectivity index (χ0n) is 9.79. The van der Waals surface area contributed by atoms with Gasteiger partial charge in [-0.15, -0.1) is 0 Å². The summed E-state index contributed by atoms with van der Waals surface area (Å²) in [7, 11) is 1.62. The van der Waals surface area contributed by atoms with Gasteiger partial charge in [-0.2, -0.15) is 0 Å². The van der Waals surface area contributed by atoms with Crippen molar-refractivity contribution < 1.29 is 13.9 Å². The van der Waals surface area contributed by atoms with Gasteiger partial charge in [0.1, 0.15) is 5.82 Å². The Balaban J connectivity index is 2.36. The molecule has 2 N–H and O–H groups in total. The second-order valence-electron chi connectivity index (χ2n) is 3.81. The van der Waals surface area contributed by atoms with Gasteiger partial charge in [0, 0.05) is 17.6 Å². The van der Waals surface area contributed by atoms with E-state index in [0.29, 0.717) is 26.2 Å². The van der Waals surface area contributed by atoms with E-state index in [2.05, 4.69) is 15.9 Å². The molecule has 0 aliphatic carbocycles. The molecule has 0 fully saturated rings. The minimum atomic E-state index is -0.262. The van der Waals surface area contributed by atoms with Gasteiger partial charge < -0.3 is 15.2 Å². The molecule has 0 heterocycles. The summed E-state index contributed by atoms with van der Waals surface area (Å²) in [5.41, 5.74) is 6.75. The number of ether oxygens (including phenoxy) is 2. The van der Waals surface area contributed by atoms with Crippen LogP contribution in [0.25, 0.3) is 0 Å². The first kappa shape index (κ1) is 14.6. The molecule has 1 atom stereocenters. The first-order chi connectivity index (χ1) is 8.11. The van der Waals surface area contributed by atoms with Gasteiger partial charge in [-0.1, -0.05) is 15.9 Å². The Kier molecular flexibility index (Phi) is 6.65. The second kappa shape index (κ2) is 7.76. The van der Waals surface area contributed by atoms with Crippen LogP contribution in [0.3, 0.4) is 0 Å². The van der Waals surface area contributed by atoms with Crippen molar-refractivity contribution in [1.29, 1.82) is 0 Å². The van der Waals surface area contributed by atoms with Crippen LogP contribution in [0.2, 0.25) is 0 Å². The quantitative estimate of drug-likeness (QED) is 0.785. The lowest BCUT2D eigenvalue weighted by Crippen LogP contribution is -2.29. The van der Waals surface area contributed by atoms with E-state index in [1.807, 2.05) is 6.07 Å². The molecule has 0 saturated carbocycles. The average molecular weight is 306 g/mol. The van der Waals surface area contributed by atoms with Gasteiger partial charge in [-0.25, -0.2) is 4.39 Å². The molecule has 17 heavy (non-hydrogen) atoms. The fourth-order valence-corrected chi connectivity index (χ4v) is 1.98. The van der Waals surface area contributed by atoms with Crippen LogP contribution in [0.15, 0.2) is 22.7 Å². The Morgan fingerprint density at radius 1 is 1.35 bits per heavy atom. The van der Waals surface area contributed by atoms with Gasteiger partial charge in [-0.3, -0.25) is 0 Å². The number of methoxy groups -OCH3 is 1. The van der Waals surface area contributed by atoms with Gasteiger partial charge in [0.05, 0.1) is 19.8 Å². The highest BCUT2D eigenvalue weighted by Gasteiger charge is 2.06. The first-order valence-electron chi connectivity index (χ1n) is 5.39. The number of benzene rings is 1. The largest absolute Gasteiger partial charge is 0.382 e. The molecule has 0 aliphatic heterocycles. The molecule has 0 bridgehead atoms. The summed E-state index contributed by atoms with van der Waals surface area (Å²) in [6.07, 6.45) is 0.587. The molecule has 0 radical (unpaired) electrons. The molecule has 0 aromatic heterocycles. The number of nitrogens with two attached hydrogens (primary N) is 1. The molecule has 5 heteroatoms. The second-order valence-corrected chi connectivity index (χ2v) is 4.73. The average Bonchev–Trinajstić information content (AvgIpc) is 2.23. The van der Waals surface area contributed by atoms with E-state index in [1.54, 1.807) is 7.11 Å². The zero-order valence-corrected chi connectivity index (χ0v) is 11.4. The van der Waals surface area contributed by atoms with E-state index in [4.69, 9.17) is 15.2 Å². The Bertz CT molecular complexity index is 329. The molecule has 1 aromatic carbocycles. The maximum Gasteiger partial charge on any atom is 0.124 e. The molecular formula is C12H17BrFNO2. The van der Waals surface area contributed by atoms with Gasteiger partial charge in [-0.05, 0) is 30.2 Å². The van der Waals surface area contributed by atoms with Crippen molar-refractivity contribution in [3.63, 3.8) is 0 Å². The van der Waals surface area contributed by atoms with Gasteiger partial charge in [0.2, 0.25) is 0 Å². The molecule has 3 nitrogen and oxygen atoms in total. The van der Waals surface area contributed by atoms with E-state index >= 15 is 0 Å². The number of hydrogen-bond donors (Lipinski definition) is 1. The van der Waals surface area contributed by atoms with E-state index in [1.165, 1.54) is 12.1 Å². The third-order valence-electron chi connectivity index (χ3n) is 2.18. The summed E-state index contributed by atoms with van der Waals surface area (Å²) in [6.45, 7) is 1.52. The van der Waals surface area contributed by atoms with Crippen molar-refractivity contribution in [2.45, 2.75) is 12.5 Å². The van der Waals surface area contributed by atoms with E-state index in [9.17, 15) is 4.39 Å². The van der Waals surface area contributed by atoms with Crippen LogP contribution in [0.1, 0.15) is 5.56 Å². The topological polar surface area (TPSA) is 44.5 Å². The summed E-state index contributed by atoms with van der Waals surface area (Å²) in [6, 6.07) is 4.63. The van der Waals surface area contributed by atoms with E-state index < -0.39 is 0 Å². The SMILES string of the molecule is COCCOCC(N)Cc1cc(F)cc(Br)c1. The third-order valence-corrected chi connectivity index (χ3v) is 2.64. The summed E-state index contributed by atoms with van der Waals surface area (Å²) in [4.78, 5) is 0. The van der Waals surface area contributed by atoms with Crippen molar-refractivity contribution in [3.05, 3.63) is 34.1 Å². The van der Waals surface area contributed by atoms with Crippen molar-refractivity contribution >= 4 is 15.9 Å². The highest BCUT2D eigenvalue weighted by molar-refractivity contribution is 9.10. The molecule has 96 valence electrons. The highest BCUT2D eigenvalue weighted by Crippen LogP contribution is 2.15. The zero-order chi connectivity index (χ0) is 12.7. The smallest absolute Gasteiger partial charge is 0.124 e. The summed E-state index contributed by atoms with van der Waals surface area (Å²) >= 11 is 3.25. The third kappa shape index (κ3) is 6.12. The first-order valence-corrected chi connectivity index (χ1v) is 6.18. The van der Waals surface area contributed by atoms with Crippen molar-refractivity contribution in [1.82, 2.24) is 0 Å². The predicted octanol–water partition coefficient (Wildman–Crippen LogP) is 2.12. The van der Waals surface area contributed by atoms with Crippen LogP contribution in [-0.2, 0) is 15.9 Å². The molecule has 1 unspecified atom stereocenters. The summed E-state index contributed by atoms with van der Waals surface area (Å²) in [5.74, 6) is -0.262. The number of halogens is 2. The molecule has 0 amide bonds. The maximum atomic E-state index is 13.1. The Hall–Kier alpha value is -0.490. The van der Waals surface area contributed by atoms with E-state index in [0.717, 1.165) is 10.0 Å². The van der Waals surface area contributed by atoms with Crippen molar-refractivity contribution in [2.75, 3.05) is 26.9 Å².